The second-order valence-electron chi connectivity index (χ2n) is 9.51. The molecule has 176 valence electrons. The van der Waals surface area contributed by atoms with Gasteiger partial charge in [0.05, 0.1) is 0 Å². The lowest BCUT2D eigenvalue weighted by molar-refractivity contribution is 0.259. The highest BCUT2D eigenvalue weighted by atomic mass is 16.5. The van der Waals surface area contributed by atoms with E-state index in [0.29, 0.717) is 5.75 Å². The summed E-state index contributed by atoms with van der Waals surface area (Å²) < 4.78 is 6.46. The first-order chi connectivity index (χ1) is 16.5. The van der Waals surface area contributed by atoms with Gasteiger partial charge in [-0.1, -0.05) is 31.2 Å². The van der Waals surface area contributed by atoms with Crippen LogP contribution in [0.15, 0.2) is 66.7 Å². The van der Waals surface area contributed by atoms with Gasteiger partial charge >= 0.3 is 0 Å². The van der Waals surface area contributed by atoms with E-state index in [1.807, 2.05) is 18.2 Å². The van der Waals surface area contributed by atoms with Crippen LogP contribution in [-0.2, 0) is 0 Å². The van der Waals surface area contributed by atoms with Crippen molar-refractivity contribution in [3.8, 4) is 17.2 Å². The van der Waals surface area contributed by atoms with Gasteiger partial charge in [-0.15, -0.1) is 0 Å². The summed E-state index contributed by atoms with van der Waals surface area (Å²) in [5.41, 5.74) is 6.25. The first-order valence-electron chi connectivity index (χ1n) is 12.0. The van der Waals surface area contributed by atoms with E-state index in [2.05, 4.69) is 48.3 Å². The first-order valence-corrected chi connectivity index (χ1v) is 12.0. The molecule has 0 saturated carbocycles. The van der Waals surface area contributed by atoms with Gasteiger partial charge < -0.3 is 25.2 Å². The lowest BCUT2D eigenvalue weighted by Crippen LogP contribution is -2.26. The number of benzene rings is 3. The van der Waals surface area contributed by atoms with Gasteiger partial charge in [0.15, 0.2) is 0 Å². The summed E-state index contributed by atoms with van der Waals surface area (Å²) in [7, 11) is 0. The number of hydrogen-bond acceptors (Lipinski definition) is 5. The van der Waals surface area contributed by atoms with Gasteiger partial charge in [0.1, 0.15) is 23.4 Å². The number of phenolic OH excluding ortho intramolecular Hbond substituents is 2. The zero-order chi connectivity index (χ0) is 23.7. The Balaban J connectivity index is 1.39. The summed E-state index contributed by atoms with van der Waals surface area (Å²) in [6.45, 7) is 8.79. The molecule has 3 N–H and O–H groups in total. The zero-order valence-corrected chi connectivity index (χ0v) is 19.8. The highest BCUT2D eigenvalue weighted by Gasteiger charge is 2.29. The molecule has 1 fully saturated rings. The summed E-state index contributed by atoms with van der Waals surface area (Å²) in [4.78, 5) is 2.52. The van der Waals surface area contributed by atoms with Crippen LogP contribution in [0.25, 0.3) is 11.1 Å². The monoisotopic (exact) mass is 456 g/mol. The Kier molecular flexibility index (Phi) is 6.20. The second kappa shape index (κ2) is 9.43. The van der Waals surface area contributed by atoms with Crippen LogP contribution in [-0.4, -0.2) is 41.3 Å². The number of nitrogens with one attached hydrogen (secondary N) is 1. The smallest absolute Gasteiger partial charge is 0.150 e. The molecule has 0 aromatic heterocycles. The largest absolute Gasteiger partial charge is 0.508 e. The third-order valence-electron chi connectivity index (χ3n) is 6.94. The average Bonchev–Trinajstić information content (AvgIpc) is 3.25. The van der Waals surface area contributed by atoms with Crippen molar-refractivity contribution in [2.24, 2.45) is 5.92 Å². The fourth-order valence-corrected chi connectivity index (χ4v) is 5.05. The number of hydrogen-bond donors (Lipinski definition) is 3. The minimum Gasteiger partial charge on any atom is -0.508 e. The molecule has 1 saturated heterocycles. The van der Waals surface area contributed by atoms with Crippen molar-refractivity contribution >= 4 is 16.8 Å². The fraction of sp³-hybridized carbons (Fsp3) is 0.310. The minimum absolute atomic E-state index is 0.185. The number of rotatable bonds is 6. The summed E-state index contributed by atoms with van der Waals surface area (Å²) in [6, 6.07) is 20.9. The maximum absolute atomic E-state index is 10.0. The Hall–Kier alpha value is -3.44. The predicted molar refractivity (Wildman–Crippen MR) is 137 cm³/mol. The van der Waals surface area contributed by atoms with E-state index in [-0.39, 0.29) is 17.6 Å². The molecule has 2 heterocycles. The number of phenols is 2. The molecule has 2 atom stereocenters. The average molecular weight is 457 g/mol. The van der Waals surface area contributed by atoms with E-state index >= 15 is 0 Å². The SMILES string of the molecule is CC1=C(c2ccc(O)cc2)C(c2ccc(NCCN3CCC(C)C3)cc2)Oc2cc(O)ccc21. The quantitative estimate of drug-likeness (QED) is 0.430. The van der Waals surface area contributed by atoms with Crippen molar-refractivity contribution in [1.82, 2.24) is 4.90 Å². The number of aromatic hydroxyl groups is 2. The van der Waals surface area contributed by atoms with Crippen molar-refractivity contribution in [2.75, 3.05) is 31.5 Å². The Labute approximate surface area is 201 Å². The van der Waals surface area contributed by atoms with E-state index in [1.165, 1.54) is 19.5 Å². The third-order valence-corrected chi connectivity index (χ3v) is 6.94. The van der Waals surface area contributed by atoms with E-state index in [1.54, 1.807) is 24.3 Å². The molecule has 2 unspecified atom stereocenters. The Morgan fingerprint density at radius 3 is 2.41 bits per heavy atom. The summed E-state index contributed by atoms with van der Waals surface area (Å²) in [6.07, 6.45) is 0.979. The highest BCUT2D eigenvalue weighted by molar-refractivity contribution is 5.95. The molecule has 2 aliphatic rings. The molecule has 0 spiro atoms. The van der Waals surface area contributed by atoms with E-state index in [9.17, 15) is 10.2 Å². The molecule has 0 bridgehead atoms. The highest BCUT2D eigenvalue weighted by Crippen LogP contribution is 2.47. The van der Waals surface area contributed by atoms with Gasteiger partial charge in [-0.3, -0.25) is 0 Å². The van der Waals surface area contributed by atoms with Gasteiger partial charge in [-0.2, -0.15) is 0 Å². The van der Waals surface area contributed by atoms with E-state index < -0.39 is 0 Å². The van der Waals surface area contributed by atoms with Crippen LogP contribution in [0, 0.1) is 5.92 Å². The normalized spacial score (nSPS) is 20.2. The molecule has 0 aliphatic carbocycles. The lowest BCUT2D eigenvalue weighted by Gasteiger charge is -2.31. The molecule has 0 amide bonds. The molecule has 0 radical (unpaired) electrons. The number of anilines is 1. The van der Waals surface area contributed by atoms with Crippen LogP contribution in [0.3, 0.4) is 0 Å². The summed E-state index contributed by atoms with van der Waals surface area (Å²) in [5, 5.41) is 23.4. The standard InChI is InChI=1S/C29H32N2O3/c1-19-13-15-31(18-19)16-14-30-23-7-3-22(4-8-23)29-28(21-5-9-24(32)10-6-21)20(2)26-12-11-25(33)17-27(26)34-29/h3-12,17,19,29-30,32-33H,13-16,18H2,1-2H3. The van der Waals surface area contributed by atoms with Gasteiger partial charge in [-0.05, 0) is 78.9 Å². The van der Waals surface area contributed by atoms with Crippen LogP contribution in [0.4, 0.5) is 5.69 Å². The maximum atomic E-state index is 10.0. The van der Waals surface area contributed by atoms with Gasteiger partial charge in [-0.25, -0.2) is 0 Å². The van der Waals surface area contributed by atoms with Crippen molar-refractivity contribution in [3.05, 3.63) is 83.4 Å². The van der Waals surface area contributed by atoms with Crippen molar-refractivity contribution in [1.29, 1.82) is 0 Å². The van der Waals surface area contributed by atoms with Crippen molar-refractivity contribution in [2.45, 2.75) is 26.4 Å². The number of likely N-dealkylation sites (tertiary alicyclic amines) is 1. The predicted octanol–water partition coefficient (Wildman–Crippen LogP) is 5.92. The van der Waals surface area contributed by atoms with E-state index in [4.69, 9.17) is 4.74 Å². The van der Waals surface area contributed by atoms with Gasteiger partial charge in [0.25, 0.3) is 0 Å². The lowest BCUT2D eigenvalue weighted by atomic mass is 9.86. The number of ether oxygens (including phenoxy) is 1. The van der Waals surface area contributed by atoms with Crippen LogP contribution < -0.4 is 10.1 Å². The van der Waals surface area contributed by atoms with Crippen molar-refractivity contribution in [3.63, 3.8) is 0 Å². The fourth-order valence-electron chi connectivity index (χ4n) is 5.05. The molecular formula is C29H32N2O3. The van der Waals surface area contributed by atoms with Gasteiger partial charge in [0.2, 0.25) is 0 Å². The minimum atomic E-state index is -0.320. The molecule has 5 heteroatoms. The zero-order valence-electron chi connectivity index (χ0n) is 19.8. The molecule has 3 aromatic carbocycles. The van der Waals surface area contributed by atoms with E-state index in [0.717, 1.165) is 52.5 Å². The number of allylic oxidation sites excluding steroid dienone is 1. The first kappa shape index (κ1) is 22.4. The van der Waals surface area contributed by atoms with Crippen LogP contribution in [0.2, 0.25) is 0 Å². The topological polar surface area (TPSA) is 65.0 Å². The molecular weight excluding hydrogens is 424 g/mol. The molecule has 2 aliphatic heterocycles. The summed E-state index contributed by atoms with van der Waals surface area (Å²) in [5.74, 6) is 1.90. The third kappa shape index (κ3) is 4.62. The van der Waals surface area contributed by atoms with Crippen LogP contribution >= 0.6 is 0 Å². The summed E-state index contributed by atoms with van der Waals surface area (Å²) >= 11 is 0. The second-order valence-corrected chi connectivity index (χ2v) is 9.51. The molecule has 34 heavy (non-hydrogen) atoms. The maximum Gasteiger partial charge on any atom is 0.150 e. The van der Waals surface area contributed by atoms with Gasteiger partial charge in [0, 0.05) is 42.5 Å². The van der Waals surface area contributed by atoms with Crippen LogP contribution in [0.1, 0.15) is 43.1 Å². The molecule has 3 aromatic rings. The van der Waals surface area contributed by atoms with Crippen LogP contribution in [0.5, 0.6) is 17.2 Å². The number of fused-ring (bicyclic) bond motifs is 1. The Morgan fingerprint density at radius 2 is 1.71 bits per heavy atom. The van der Waals surface area contributed by atoms with Crippen molar-refractivity contribution < 1.29 is 14.9 Å². The molecule has 5 rings (SSSR count). The molecule has 5 nitrogen and oxygen atoms in total. The Bertz CT molecular complexity index is 1190. The Morgan fingerprint density at radius 1 is 0.971 bits per heavy atom. The number of nitrogens with zero attached hydrogens (tertiary/aromatic N) is 1.